The number of imidazole rings is 1. The molecular weight excluding hydrogens is 500 g/mol. The molecule has 0 unspecified atom stereocenters. The molecule has 0 bridgehead atoms. The number of fused-ring (bicyclic) bond motifs is 1. The molecule has 5 rings (SSSR count). The average molecular weight is 541 g/mol. The highest BCUT2D eigenvalue weighted by Gasteiger charge is 2.37. The van der Waals surface area contributed by atoms with E-state index < -0.39 is 13.9 Å². The maximum atomic E-state index is 6.83. The van der Waals surface area contributed by atoms with Crippen LogP contribution in [0.2, 0.25) is 18.1 Å². The summed E-state index contributed by atoms with van der Waals surface area (Å²) in [6.07, 6.45) is 8.94. The van der Waals surface area contributed by atoms with E-state index in [1.807, 2.05) is 29.1 Å². The molecule has 0 amide bonds. The van der Waals surface area contributed by atoms with Gasteiger partial charge in [0.2, 0.25) is 5.78 Å². The van der Waals surface area contributed by atoms with Crippen molar-refractivity contribution in [1.82, 2.24) is 29.2 Å². The van der Waals surface area contributed by atoms with E-state index in [1.54, 1.807) is 0 Å². The molecular formula is C31H40N6OSi. The minimum absolute atomic E-state index is 0.466. The molecule has 3 aromatic heterocycles. The molecule has 1 aliphatic heterocycles. The van der Waals surface area contributed by atoms with Crippen LogP contribution in [0, 0.1) is 0 Å². The zero-order valence-electron chi connectivity index (χ0n) is 23.9. The van der Waals surface area contributed by atoms with Gasteiger partial charge >= 0.3 is 0 Å². The van der Waals surface area contributed by atoms with Crippen LogP contribution in [0.4, 0.5) is 0 Å². The van der Waals surface area contributed by atoms with Crippen LogP contribution < -0.4 is 0 Å². The number of hydrogen-bond acceptors (Lipinski definition) is 6. The molecule has 1 aliphatic rings. The van der Waals surface area contributed by atoms with Crippen molar-refractivity contribution in [2.24, 2.45) is 0 Å². The smallest absolute Gasteiger partial charge is 0.234 e. The minimum Gasteiger partial charge on any atom is -0.406 e. The molecule has 0 N–H and O–H groups in total. The van der Waals surface area contributed by atoms with Crippen molar-refractivity contribution < 1.29 is 4.43 Å². The van der Waals surface area contributed by atoms with E-state index in [0.717, 1.165) is 67.1 Å². The first kappa shape index (κ1) is 27.4. The second-order valence-corrected chi connectivity index (χ2v) is 15.6. The number of aromatic nitrogens is 5. The lowest BCUT2D eigenvalue weighted by Crippen LogP contribution is -2.43. The summed E-state index contributed by atoms with van der Waals surface area (Å²) in [4.78, 5) is 21.6. The van der Waals surface area contributed by atoms with Crippen LogP contribution >= 0.6 is 0 Å². The Balaban J connectivity index is 1.35. The summed E-state index contributed by atoms with van der Waals surface area (Å²) in [5.74, 6) is 1.45. The lowest BCUT2D eigenvalue weighted by Gasteiger charge is -2.37. The molecule has 204 valence electrons. The highest BCUT2D eigenvalue weighted by molar-refractivity contribution is 6.73. The Morgan fingerprint density at radius 3 is 2.41 bits per heavy atom. The van der Waals surface area contributed by atoms with E-state index in [2.05, 4.69) is 92.0 Å². The number of benzene rings is 1. The molecule has 0 saturated carbocycles. The van der Waals surface area contributed by atoms with Gasteiger partial charge in [0.15, 0.2) is 14.1 Å². The van der Waals surface area contributed by atoms with Crippen molar-refractivity contribution >= 4 is 19.7 Å². The highest BCUT2D eigenvalue weighted by Crippen LogP contribution is 2.33. The number of nitrogens with zero attached hydrogens (tertiary/aromatic N) is 6. The molecule has 7 nitrogen and oxygen atoms in total. The number of rotatable bonds is 10. The molecule has 0 radical (unpaired) electrons. The molecule has 39 heavy (non-hydrogen) atoms. The van der Waals surface area contributed by atoms with Crippen molar-refractivity contribution in [3.8, 4) is 11.4 Å². The van der Waals surface area contributed by atoms with E-state index in [4.69, 9.17) is 14.4 Å². The van der Waals surface area contributed by atoms with Crippen LogP contribution in [0.1, 0.15) is 58.1 Å². The van der Waals surface area contributed by atoms with E-state index in [9.17, 15) is 0 Å². The first-order chi connectivity index (χ1) is 18.9. The summed E-state index contributed by atoms with van der Waals surface area (Å²) in [6, 6.07) is 18.0. The van der Waals surface area contributed by atoms with Gasteiger partial charge in [-0.1, -0.05) is 57.2 Å². The lowest BCUT2D eigenvalue weighted by molar-refractivity contribution is 0.0894. The van der Waals surface area contributed by atoms with Crippen molar-refractivity contribution in [1.29, 1.82) is 0 Å². The van der Waals surface area contributed by atoms with Gasteiger partial charge in [0.05, 0.1) is 28.9 Å². The van der Waals surface area contributed by atoms with Crippen LogP contribution in [-0.2, 0) is 16.6 Å². The topological polar surface area (TPSA) is 68.4 Å². The Bertz CT molecular complexity index is 1440. The zero-order valence-corrected chi connectivity index (χ0v) is 24.9. The van der Waals surface area contributed by atoms with Crippen LogP contribution in [0.3, 0.4) is 0 Å². The summed E-state index contributed by atoms with van der Waals surface area (Å²) in [7, 11) is -1.79. The molecule has 0 fully saturated rings. The monoisotopic (exact) mass is 540 g/mol. The van der Waals surface area contributed by atoms with Gasteiger partial charge in [-0.05, 0) is 61.7 Å². The van der Waals surface area contributed by atoms with Crippen molar-refractivity contribution in [2.45, 2.75) is 71.3 Å². The number of hydrogen-bond donors (Lipinski definition) is 0. The summed E-state index contributed by atoms with van der Waals surface area (Å²) < 4.78 is 8.84. The van der Waals surface area contributed by atoms with E-state index in [-0.39, 0.29) is 0 Å². The van der Waals surface area contributed by atoms with Crippen molar-refractivity contribution in [2.75, 3.05) is 13.1 Å². The Labute approximate surface area is 233 Å². The van der Waals surface area contributed by atoms with Gasteiger partial charge < -0.3 is 4.43 Å². The molecule has 1 aromatic carbocycles. The zero-order chi connectivity index (χ0) is 27.5. The van der Waals surface area contributed by atoms with E-state index in [1.165, 1.54) is 11.1 Å². The molecule has 8 heteroatoms. The molecule has 0 saturated heterocycles. The quantitative estimate of drug-likeness (QED) is 0.208. The normalized spacial score (nSPS) is 15.1. The van der Waals surface area contributed by atoms with Gasteiger partial charge in [-0.3, -0.25) is 9.30 Å². The molecule has 0 atom stereocenters. The fourth-order valence-corrected chi connectivity index (χ4v) is 8.63. The second-order valence-electron chi connectivity index (χ2n) is 10.9. The fourth-order valence-electron chi connectivity index (χ4n) is 5.51. The molecule has 4 aromatic rings. The summed E-state index contributed by atoms with van der Waals surface area (Å²) in [5, 5.41) is 0. The largest absolute Gasteiger partial charge is 0.406 e. The Kier molecular flexibility index (Phi) is 8.07. The van der Waals surface area contributed by atoms with Gasteiger partial charge in [0.1, 0.15) is 0 Å². The third kappa shape index (κ3) is 5.88. The Morgan fingerprint density at radius 1 is 0.949 bits per heavy atom. The first-order valence-corrected chi connectivity index (χ1v) is 16.7. The van der Waals surface area contributed by atoms with E-state index in [0.29, 0.717) is 5.78 Å². The van der Waals surface area contributed by atoms with E-state index >= 15 is 0 Å². The van der Waals surface area contributed by atoms with Gasteiger partial charge in [0, 0.05) is 32.0 Å². The predicted molar refractivity (Wildman–Crippen MR) is 160 cm³/mol. The molecule has 4 heterocycles. The van der Waals surface area contributed by atoms with Crippen molar-refractivity contribution in [3.63, 3.8) is 0 Å². The molecule has 0 spiro atoms. The van der Waals surface area contributed by atoms with Crippen LogP contribution in [0.15, 0.2) is 67.1 Å². The summed E-state index contributed by atoms with van der Waals surface area (Å²) in [5.41, 5.74) is 4.74. The maximum absolute atomic E-state index is 6.83. The van der Waals surface area contributed by atoms with Gasteiger partial charge in [-0.15, -0.1) is 0 Å². The first-order valence-electron chi connectivity index (χ1n) is 14.2. The second kappa shape index (κ2) is 11.5. The highest BCUT2D eigenvalue weighted by atomic mass is 28.4. The third-order valence-electron chi connectivity index (χ3n) is 8.15. The average Bonchev–Trinajstić information content (AvgIpc) is 3.41. The molecule has 0 aliphatic carbocycles. The Hall–Kier alpha value is -3.20. The van der Waals surface area contributed by atoms with Crippen LogP contribution in [-0.4, -0.2) is 50.6 Å². The minimum atomic E-state index is -1.79. The van der Waals surface area contributed by atoms with Gasteiger partial charge in [0.25, 0.3) is 0 Å². The standard InChI is InChI=1S/C31H40N6OSi/c1-6-39(7-2,8-3)38-31(4,5)28-17-21-37-27(22-33-30(37)35-28)26-14-18-32-29(34-26)25-15-19-36(20-16-25)23-24-12-10-9-11-13-24/h9-15,17-18,21-22H,6-8,16,19-20,23H2,1-5H3. The fraction of sp³-hybridized carbons (Fsp3) is 0.419. The predicted octanol–water partition coefficient (Wildman–Crippen LogP) is 6.73. The van der Waals surface area contributed by atoms with Gasteiger partial charge in [-0.25, -0.2) is 19.9 Å². The maximum Gasteiger partial charge on any atom is 0.234 e. The van der Waals surface area contributed by atoms with Crippen LogP contribution in [0.25, 0.3) is 22.7 Å². The summed E-state index contributed by atoms with van der Waals surface area (Å²) >= 11 is 0. The van der Waals surface area contributed by atoms with Crippen LogP contribution in [0.5, 0.6) is 0 Å². The van der Waals surface area contributed by atoms with Gasteiger partial charge in [-0.2, -0.15) is 0 Å². The summed E-state index contributed by atoms with van der Waals surface area (Å²) in [6.45, 7) is 13.9. The lowest BCUT2D eigenvalue weighted by atomic mass is 10.1. The third-order valence-corrected chi connectivity index (χ3v) is 13.0. The van der Waals surface area contributed by atoms with Crippen molar-refractivity contribution in [3.05, 3.63) is 84.2 Å². The SMILES string of the molecule is CC[Si](CC)(CC)OC(C)(C)c1ccn2c(-c3ccnc(C4=CCN(Cc5ccccc5)CC4)n3)cnc2n1. The Morgan fingerprint density at radius 2 is 1.72 bits per heavy atom.